The fourth-order valence-electron chi connectivity index (χ4n) is 1.92. The van der Waals surface area contributed by atoms with Gasteiger partial charge in [-0.2, -0.15) is 0 Å². The third-order valence-electron chi connectivity index (χ3n) is 2.98. The van der Waals surface area contributed by atoms with Crippen molar-refractivity contribution < 1.29 is 8.81 Å². The van der Waals surface area contributed by atoms with E-state index in [1.54, 1.807) is 12.1 Å². The van der Waals surface area contributed by atoms with Crippen molar-refractivity contribution in [3.63, 3.8) is 0 Å². The molecule has 3 aromatic rings. The van der Waals surface area contributed by atoms with Gasteiger partial charge >= 0.3 is 0 Å². The summed E-state index contributed by atoms with van der Waals surface area (Å²) >= 11 is 0. The molecule has 0 aliphatic rings. The lowest BCUT2D eigenvalue weighted by molar-refractivity contribution is 0.588. The lowest BCUT2D eigenvalue weighted by atomic mass is 10.2. The number of oxazole rings is 1. The number of rotatable bonds is 3. The van der Waals surface area contributed by atoms with E-state index in [2.05, 4.69) is 10.3 Å². The first-order valence-electron chi connectivity index (χ1n) is 6.26. The van der Waals surface area contributed by atoms with Crippen LogP contribution in [-0.2, 0) is 0 Å². The van der Waals surface area contributed by atoms with Crippen LogP contribution in [0.25, 0.3) is 23.3 Å². The standard InChI is InChI=1S/C16H13FN2O/c1-18-13-6-2-11(3-7-13)4-9-16-19-14-10-12(17)5-8-15(14)20-16/h2-10,18H,1H3. The van der Waals surface area contributed by atoms with Crippen LogP contribution >= 0.6 is 0 Å². The second-order valence-corrected chi connectivity index (χ2v) is 4.37. The Morgan fingerprint density at radius 1 is 1.10 bits per heavy atom. The molecule has 0 fully saturated rings. The van der Waals surface area contributed by atoms with Gasteiger partial charge in [0.1, 0.15) is 11.3 Å². The molecule has 0 saturated carbocycles. The second kappa shape index (κ2) is 5.17. The minimum atomic E-state index is -0.316. The van der Waals surface area contributed by atoms with Gasteiger partial charge in [-0.3, -0.25) is 0 Å². The first-order valence-corrected chi connectivity index (χ1v) is 6.26. The van der Waals surface area contributed by atoms with Gasteiger partial charge in [0.2, 0.25) is 5.89 Å². The van der Waals surface area contributed by atoms with Gasteiger partial charge < -0.3 is 9.73 Å². The van der Waals surface area contributed by atoms with Gasteiger partial charge in [0, 0.05) is 24.9 Å². The Morgan fingerprint density at radius 3 is 2.65 bits per heavy atom. The maximum atomic E-state index is 13.1. The normalized spacial score (nSPS) is 11.3. The Balaban J connectivity index is 1.85. The molecule has 100 valence electrons. The second-order valence-electron chi connectivity index (χ2n) is 4.37. The zero-order valence-corrected chi connectivity index (χ0v) is 10.9. The van der Waals surface area contributed by atoms with E-state index < -0.39 is 0 Å². The molecule has 0 atom stereocenters. The van der Waals surface area contributed by atoms with Crippen molar-refractivity contribution in [2.45, 2.75) is 0 Å². The molecule has 1 heterocycles. The van der Waals surface area contributed by atoms with Crippen molar-refractivity contribution in [3.8, 4) is 0 Å². The Bertz CT molecular complexity index is 760. The van der Waals surface area contributed by atoms with Crippen LogP contribution in [0.5, 0.6) is 0 Å². The molecular formula is C16H13FN2O. The first-order chi connectivity index (χ1) is 9.74. The van der Waals surface area contributed by atoms with E-state index in [4.69, 9.17) is 4.42 Å². The lowest BCUT2D eigenvalue weighted by Crippen LogP contribution is -1.86. The summed E-state index contributed by atoms with van der Waals surface area (Å²) in [6.45, 7) is 0. The number of anilines is 1. The van der Waals surface area contributed by atoms with Crippen LogP contribution in [-0.4, -0.2) is 12.0 Å². The van der Waals surface area contributed by atoms with E-state index in [0.29, 0.717) is 17.0 Å². The van der Waals surface area contributed by atoms with Crippen LogP contribution in [0.4, 0.5) is 10.1 Å². The molecule has 2 aromatic carbocycles. The Morgan fingerprint density at radius 2 is 1.90 bits per heavy atom. The van der Waals surface area contributed by atoms with Gasteiger partial charge in [-0.05, 0) is 35.9 Å². The molecular weight excluding hydrogens is 255 g/mol. The number of hydrogen-bond acceptors (Lipinski definition) is 3. The van der Waals surface area contributed by atoms with Crippen molar-refractivity contribution in [3.05, 3.63) is 59.7 Å². The number of nitrogens with zero attached hydrogens (tertiary/aromatic N) is 1. The monoisotopic (exact) mass is 268 g/mol. The summed E-state index contributed by atoms with van der Waals surface area (Å²) in [7, 11) is 1.88. The molecule has 0 bridgehead atoms. The smallest absolute Gasteiger partial charge is 0.220 e. The predicted molar refractivity (Wildman–Crippen MR) is 78.9 cm³/mol. The zero-order chi connectivity index (χ0) is 13.9. The van der Waals surface area contributed by atoms with Crippen LogP contribution in [0, 0.1) is 5.82 Å². The minimum Gasteiger partial charge on any atom is -0.437 e. The Labute approximate surface area is 115 Å². The molecule has 0 radical (unpaired) electrons. The minimum absolute atomic E-state index is 0.316. The van der Waals surface area contributed by atoms with E-state index >= 15 is 0 Å². The van der Waals surface area contributed by atoms with E-state index in [0.717, 1.165) is 11.3 Å². The maximum Gasteiger partial charge on any atom is 0.220 e. The summed E-state index contributed by atoms with van der Waals surface area (Å²) in [5.41, 5.74) is 3.20. The van der Waals surface area contributed by atoms with Crippen LogP contribution in [0.2, 0.25) is 0 Å². The molecule has 4 heteroatoms. The lowest BCUT2D eigenvalue weighted by Gasteiger charge is -1.98. The number of aromatic nitrogens is 1. The van der Waals surface area contributed by atoms with Crippen molar-refractivity contribution in [1.29, 1.82) is 0 Å². The third kappa shape index (κ3) is 2.54. The summed E-state index contributed by atoms with van der Waals surface area (Å²) < 4.78 is 18.6. The number of halogens is 1. The van der Waals surface area contributed by atoms with E-state index in [1.165, 1.54) is 12.1 Å². The summed E-state index contributed by atoms with van der Waals surface area (Å²) in [5, 5.41) is 3.06. The summed E-state index contributed by atoms with van der Waals surface area (Å²) in [6.07, 6.45) is 3.67. The van der Waals surface area contributed by atoms with Crippen molar-refractivity contribution in [1.82, 2.24) is 4.98 Å². The highest BCUT2D eigenvalue weighted by Crippen LogP contribution is 2.18. The van der Waals surface area contributed by atoms with Gasteiger partial charge in [0.15, 0.2) is 5.58 Å². The molecule has 3 rings (SSSR count). The molecule has 0 aliphatic heterocycles. The van der Waals surface area contributed by atoms with Crippen molar-refractivity contribution >= 4 is 28.9 Å². The average molecular weight is 268 g/mol. The predicted octanol–water partition coefficient (Wildman–Crippen LogP) is 4.18. The maximum absolute atomic E-state index is 13.1. The summed E-state index contributed by atoms with van der Waals surface area (Å²) in [6, 6.07) is 12.3. The highest BCUT2D eigenvalue weighted by atomic mass is 19.1. The summed E-state index contributed by atoms with van der Waals surface area (Å²) in [5.74, 6) is 0.146. The quantitative estimate of drug-likeness (QED) is 0.774. The van der Waals surface area contributed by atoms with Crippen LogP contribution < -0.4 is 5.32 Å². The van der Waals surface area contributed by atoms with Gasteiger partial charge in [0.05, 0.1) is 0 Å². The highest BCUT2D eigenvalue weighted by Gasteiger charge is 2.03. The third-order valence-corrected chi connectivity index (χ3v) is 2.98. The molecule has 1 aromatic heterocycles. The van der Waals surface area contributed by atoms with Gasteiger partial charge in [-0.1, -0.05) is 12.1 Å². The number of benzene rings is 2. The molecule has 0 spiro atoms. The average Bonchev–Trinajstić information content (AvgIpc) is 2.87. The molecule has 0 saturated heterocycles. The molecule has 1 N–H and O–H groups in total. The topological polar surface area (TPSA) is 38.1 Å². The van der Waals surface area contributed by atoms with Gasteiger partial charge in [-0.15, -0.1) is 0 Å². The first kappa shape index (κ1) is 12.4. The van der Waals surface area contributed by atoms with Crippen LogP contribution in [0.3, 0.4) is 0 Å². The number of hydrogen-bond donors (Lipinski definition) is 1. The molecule has 0 aliphatic carbocycles. The van der Waals surface area contributed by atoms with Gasteiger partial charge in [0.25, 0.3) is 0 Å². The van der Waals surface area contributed by atoms with E-state index in [1.807, 2.05) is 37.4 Å². The highest BCUT2D eigenvalue weighted by molar-refractivity contribution is 5.76. The molecule has 0 amide bonds. The van der Waals surface area contributed by atoms with Gasteiger partial charge in [-0.25, -0.2) is 9.37 Å². The van der Waals surface area contributed by atoms with Crippen LogP contribution in [0.15, 0.2) is 46.9 Å². The summed E-state index contributed by atoms with van der Waals surface area (Å²) in [4.78, 5) is 4.22. The number of nitrogens with one attached hydrogen (secondary N) is 1. The number of fused-ring (bicyclic) bond motifs is 1. The van der Waals surface area contributed by atoms with E-state index in [9.17, 15) is 4.39 Å². The van der Waals surface area contributed by atoms with E-state index in [-0.39, 0.29) is 5.82 Å². The van der Waals surface area contributed by atoms with Crippen molar-refractivity contribution in [2.75, 3.05) is 12.4 Å². The Kier molecular flexibility index (Phi) is 3.21. The van der Waals surface area contributed by atoms with Crippen molar-refractivity contribution in [2.24, 2.45) is 0 Å². The largest absolute Gasteiger partial charge is 0.437 e. The van der Waals surface area contributed by atoms with Crippen LogP contribution in [0.1, 0.15) is 11.5 Å². The zero-order valence-electron chi connectivity index (χ0n) is 10.9. The molecule has 3 nitrogen and oxygen atoms in total. The Hall–Kier alpha value is -2.62. The SMILES string of the molecule is CNc1ccc(C=Cc2nc3cc(F)ccc3o2)cc1. The molecule has 20 heavy (non-hydrogen) atoms. The fourth-order valence-corrected chi connectivity index (χ4v) is 1.92. The molecule has 0 unspecified atom stereocenters. The fraction of sp³-hybridized carbons (Fsp3) is 0.0625.